The fourth-order valence-corrected chi connectivity index (χ4v) is 4.54. The Morgan fingerprint density at radius 2 is 1.58 bits per heavy atom. The van der Waals surface area contributed by atoms with E-state index in [0.717, 1.165) is 4.47 Å². The van der Waals surface area contributed by atoms with E-state index in [1.165, 1.54) is 25.3 Å². The van der Waals surface area contributed by atoms with Crippen LogP contribution < -0.4 is 8.92 Å². The molecule has 0 radical (unpaired) electrons. The molecule has 0 fully saturated rings. The first-order chi connectivity index (χ1) is 9.24. The molecule has 2 heteroatoms. The zero-order valence-corrected chi connectivity index (χ0v) is 13.9. The number of rotatable bonds is 2. The second kappa shape index (κ2) is 5.50. The number of hydrogen-bond donors (Lipinski definition) is 0. The molecule has 3 rings (SSSR count). The van der Waals surface area contributed by atoms with Gasteiger partial charge in [-0.3, -0.25) is 0 Å². The SMILES string of the molecule is Cc1ccc2ccccc2c1[Se]c1ccc(Br)cc1. The second-order valence-electron chi connectivity index (χ2n) is 4.49. The fourth-order valence-electron chi connectivity index (χ4n) is 2.11. The average molecular weight is 376 g/mol. The van der Waals surface area contributed by atoms with Gasteiger partial charge in [0, 0.05) is 0 Å². The predicted molar refractivity (Wildman–Crippen MR) is 87.8 cm³/mol. The van der Waals surface area contributed by atoms with E-state index in [1.807, 2.05) is 0 Å². The first-order valence-electron chi connectivity index (χ1n) is 6.16. The van der Waals surface area contributed by atoms with E-state index >= 15 is 0 Å². The van der Waals surface area contributed by atoms with Gasteiger partial charge in [0.2, 0.25) is 0 Å². The van der Waals surface area contributed by atoms with Gasteiger partial charge in [-0.25, -0.2) is 0 Å². The molecule has 0 heterocycles. The van der Waals surface area contributed by atoms with E-state index in [-0.39, 0.29) is 0 Å². The van der Waals surface area contributed by atoms with Crippen molar-refractivity contribution in [3.8, 4) is 0 Å². The summed E-state index contributed by atoms with van der Waals surface area (Å²) in [6.45, 7) is 2.21. The van der Waals surface area contributed by atoms with Crippen LogP contribution in [0.25, 0.3) is 10.8 Å². The third kappa shape index (κ3) is 2.76. The zero-order chi connectivity index (χ0) is 13.2. The molecule has 0 aliphatic heterocycles. The van der Waals surface area contributed by atoms with Crippen LogP contribution >= 0.6 is 15.9 Å². The zero-order valence-electron chi connectivity index (χ0n) is 10.6. The summed E-state index contributed by atoms with van der Waals surface area (Å²) in [5, 5.41) is 2.73. The minimum atomic E-state index is 0.353. The summed E-state index contributed by atoms with van der Waals surface area (Å²) in [6, 6.07) is 21.8. The van der Waals surface area contributed by atoms with Gasteiger partial charge in [0.05, 0.1) is 0 Å². The van der Waals surface area contributed by atoms with E-state index < -0.39 is 0 Å². The van der Waals surface area contributed by atoms with Crippen molar-refractivity contribution in [2.75, 3.05) is 0 Å². The van der Waals surface area contributed by atoms with Gasteiger partial charge in [-0.2, -0.15) is 0 Å². The van der Waals surface area contributed by atoms with Crippen molar-refractivity contribution in [2.24, 2.45) is 0 Å². The second-order valence-corrected chi connectivity index (χ2v) is 7.68. The first kappa shape index (κ1) is 12.9. The standard InChI is InChI=1S/C17H13BrSe/c1-12-6-7-13-4-2-3-5-16(13)17(12)19-15-10-8-14(18)9-11-15/h2-11H,1H3. The van der Waals surface area contributed by atoms with Crippen LogP contribution in [0.1, 0.15) is 5.56 Å². The summed E-state index contributed by atoms with van der Waals surface area (Å²) in [6.07, 6.45) is 0. The maximum absolute atomic E-state index is 3.49. The summed E-state index contributed by atoms with van der Waals surface area (Å²) >= 11 is 3.84. The predicted octanol–water partition coefficient (Wildman–Crippen LogP) is 3.57. The normalized spacial score (nSPS) is 10.8. The van der Waals surface area contributed by atoms with Crippen LogP contribution in [0.4, 0.5) is 0 Å². The third-order valence-electron chi connectivity index (χ3n) is 3.11. The molecule has 0 N–H and O–H groups in total. The third-order valence-corrected chi connectivity index (χ3v) is 6.27. The Morgan fingerprint density at radius 1 is 0.842 bits per heavy atom. The molecule has 0 amide bonds. The Balaban J connectivity index is 2.09. The van der Waals surface area contributed by atoms with Crippen LogP contribution in [-0.4, -0.2) is 15.0 Å². The molecule has 3 aromatic carbocycles. The molecule has 0 saturated carbocycles. The summed E-state index contributed by atoms with van der Waals surface area (Å²) in [5.41, 5.74) is 1.39. The molecule has 0 unspecified atom stereocenters. The number of aryl methyl sites for hydroxylation is 1. The molecule has 0 spiro atoms. The van der Waals surface area contributed by atoms with E-state index in [4.69, 9.17) is 0 Å². The van der Waals surface area contributed by atoms with Gasteiger partial charge in [0.1, 0.15) is 0 Å². The molecule has 3 aromatic rings. The number of fused-ring (bicyclic) bond motifs is 1. The number of halogens is 1. The van der Waals surface area contributed by atoms with Crippen molar-refractivity contribution in [3.05, 3.63) is 70.7 Å². The van der Waals surface area contributed by atoms with E-state index in [1.54, 1.807) is 0 Å². The van der Waals surface area contributed by atoms with Crippen LogP contribution in [0.5, 0.6) is 0 Å². The molecule has 0 atom stereocenters. The maximum atomic E-state index is 3.49. The molecular formula is C17H13BrSe. The van der Waals surface area contributed by atoms with Crippen molar-refractivity contribution in [2.45, 2.75) is 6.92 Å². The molecule has 0 aliphatic rings. The van der Waals surface area contributed by atoms with E-state index in [9.17, 15) is 0 Å². The molecule has 0 aliphatic carbocycles. The Morgan fingerprint density at radius 3 is 2.37 bits per heavy atom. The van der Waals surface area contributed by atoms with Gasteiger partial charge in [-0.15, -0.1) is 0 Å². The molecule has 0 aromatic heterocycles. The summed E-state index contributed by atoms with van der Waals surface area (Å²) in [5.74, 6) is 0. The Labute approximate surface area is 128 Å². The van der Waals surface area contributed by atoms with Crippen molar-refractivity contribution >= 4 is 50.6 Å². The first-order valence-corrected chi connectivity index (χ1v) is 8.66. The van der Waals surface area contributed by atoms with E-state index in [0.29, 0.717) is 15.0 Å². The van der Waals surface area contributed by atoms with Crippen LogP contribution in [-0.2, 0) is 0 Å². The quantitative estimate of drug-likeness (QED) is 0.600. The van der Waals surface area contributed by atoms with Gasteiger partial charge in [0.25, 0.3) is 0 Å². The molecule has 0 saturated heterocycles. The molecule has 19 heavy (non-hydrogen) atoms. The van der Waals surface area contributed by atoms with Gasteiger partial charge in [0.15, 0.2) is 0 Å². The van der Waals surface area contributed by atoms with Gasteiger partial charge >= 0.3 is 128 Å². The Hall–Kier alpha value is -1.08. The summed E-state index contributed by atoms with van der Waals surface area (Å²) in [4.78, 5) is 0. The van der Waals surface area contributed by atoms with Crippen LogP contribution in [0, 0.1) is 6.92 Å². The van der Waals surface area contributed by atoms with Crippen molar-refractivity contribution < 1.29 is 0 Å². The van der Waals surface area contributed by atoms with E-state index in [2.05, 4.69) is 83.5 Å². The van der Waals surface area contributed by atoms with Crippen molar-refractivity contribution in [1.82, 2.24) is 0 Å². The number of benzene rings is 3. The molecule has 0 nitrogen and oxygen atoms in total. The van der Waals surface area contributed by atoms with Crippen molar-refractivity contribution in [3.63, 3.8) is 0 Å². The average Bonchev–Trinajstić information content (AvgIpc) is 2.44. The monoisotopic (exact) mass is 376 g/mol. The Kier molecular flexibility index (Phi) is 3.74. The van der Waals surface area contributed by atoms with Crippen LogP contribution in [0.15, 0.2) is 65.1 Å². The molecular weight excluding hydrogens is 363 g/mol. The summed E-state index contributed by atoms with van der Waals surface area (Å²) in [7, 11) is 0. The summed E-state index contributed by atoms with van der Waals surface area (Å²) < 4.78 is 4.05. The van der Waals surface area contributed by atoms with Gasteiger partial charge in [-0.1, -0.05) is 0 Å². The van der Waals surface area contributed by atoms with Crippen LogP contribution in [0.2, 0.25) is 0 Å². The van der Waals surface area contributed by atoms with Crippen molar-refractivity contribution in [1.29, 1.82) is 0 Å². The minimum absolute atomic E-state index is 0.353. The van der Waals surface area contributed by atoms with Crippen LogP contribution in [0.3, 0.4) is 0 Å². The Bertz CT molecular complexity index is 717. The topological polar surface area (TPSA) is 0 Å². The molecule has 0 bridgehead atoms. The fraction of sp³-hybridized carbons (Fsp3) is 0.0588. The molecule has 94 valence electrons. The van der Waals surface area contributed by atoms with Gasteiger partial charge < -0.3 is 0 Å². The number of hydrogen-bond acceptors (Lipinski definition) is 0. The van der Waals surface area contributed by atoms with Gasteiger partial charge in [-0.05, 0) is 0 Å².